The number of nitrogens with two attached hydrogens (primary N) is 1. The van der Waals surface area contributed by atoms with Crippen LogP contribution in [0.2, 0.25) is 0 Å². The Hall–Kier alpha value is -0.860. The minimum Gasteiger partial charge on any atom is -0.446 e. The van der Waals surface area contributed by atoms with Gasteiger partial charge >= 0.3 is 16.3 Å². The van der Waals surface area contributed by atoms with Gasteiger partial charge in [-0.15, -0.1) is 0 Å². The van der Waals surface area contributed by atoms with Gasteiger partial charge in [-0.1, -0.05) is 13.8 Å². The molecule has 1 aliphatic rings. The van der Waals surface area contributed by atoms with Crippen LogP contribution < -0.4 is 15.2 Å². The van der Waals surface area contributed by atoms with E-state index in [-0.39, 0.29) is 23.6 Å². The molecule has 2 unspecified atom stereocenters. The predicted octanol–water partition coefficient (Wildman–Crippen LogP) is 0.0812. The summed E-state index contributed by atoms with van der Waals surface area (Å²) in [7, 11) is -3.91. The lowest BCUT2D eigenvalue weighted by atomic mass is 9.64. The van der Waals surface area contributed by atoms with E-state index in [1.807, 2.05) is 13.8 Å². The summed E-state index contributed by atoms with van der Waals surface area (Å²) in [5.74, 6) is 0. The molecule has 8 heteroatoms. The largest absolute Gasteiger partial charge is 0.446 e. The van der Waals surface area contributed by atoms with E-state index < -0.39 is 16.3 Å². The lowest BCUT2D eigenvalue weighted by molar-refractivity contribution is 0.0895. The zero-order chi connectivity index (χ0) is 14.1. The van der Waals surface area contributed by atoms with Crippen LogP contribution in [0.5, 0.6) is 0 Å². The van der Waals surface area contributed by atoms with Crippen LogP contribution in [-0.4, -0.2) is 32.7 Å². The molecule has 0 aromatic heterocycles. The summed E-state index contributed by atoms with van der Waals surface area (Å²) in [6.07, 6.45) is -0.819. The molecule has 0 saturated heterocycles. The molecule has 0 spiro atoms. The van der Waals surface area contributed by atoms with Gasteiger partial charge in [-0.25, -0.2) is 9.52 Å². The zero-order valence-corrected chi connectivity index (χ0v) is 11.9. The van der Waals surface area contributed by atoms with Crippen molar-refractivity contribution >= 4 is 16.3 Å². The van der Waals surface area contributed by atoms with Crippen LogP contribution in [-0.2, 0) is 14.9 Å². The third kappa shape index (κ3) is 3.56. The number of ether oxygens (including phenoxy) is 1. The normalized spacial score (nSPS) is 26.6. The first-order valence-electron chi connectivity index (χ1n) is 5.81. The van der Waals surface area contributed by atoms with Crippen molar-refractivity contribution < 1.29 is 17.9 Å². The molecule has 0 heterocycles. The van der Waals surface area contributed by atoms with Crippen molar-refractivity contribution in [2.24, 2.45) is 11.1 Å². The average molecular weight is 279 g/mol. The summed E-state index contributed by atoms with van der Waals surface area (Å²) in [6.45, 7) is 7.02. The van der Waals surface area contributed by atoms with Crippen LogP contribution in [0.15, 0.2) is 0 Å². The van der Waals surface area contributed by atoms with E-state index in [0.29, 0.717) is 6.42 Å². The Labute approximate surface area is 108 Å². The van der Waals surface area contributed by atoms with Crippen molar-refractivity contribution in [3.05, 3.63) is 0 Å². The summed E-state index contributed by atoms with van der Waals surface area (Å²) in [6, 6.07) is -0.329. The number of amides is 1. The van der Waals surface area contributed by atoms with Crippen molar-refractivity contribution in [1.82, 2.24) is 9.44 Å². The van der Waals surface area contributed by atoms with Crippen molar-refractivity contribution in [2.45, 2.75) is 52.3 Å². The van der Waals surface area contributed by atoms with Gasteiger partial charge < -0.3 is 10.5 Å². The highest BCUT2D eigenvalue weighted by Gasteiger charge is 2.47. The van der Waals surface area contributed by atoms with Gasteiger partial charge in [0, 0.05) is 12.1 Å². The molecule has 2 atom stereocenters. The summed E-state index contributed by atoms with van der Waals surface area (Å²) in [5.41, 5.74) is 5.46. The maximum atomic E-state index is 11.7. The van der Waals surface area contributed by atoms with E-state index in [1.54, 1.807) is 18.6 Å². The van der Waals surface area contributed by atoms with Gasteiger partial charge in [-0.05, 0) is 25.7 Å². The van der Waals surface area contributed by atoms with Crippen LogP contribution in [0.1, 0.15) is 34.1 Å². The molecule has 0 bridgehead atoms. The molecule has 1 rings (SSSR count). The molecule has 1 aliphatic carbocycles. The monoisotopic (exact) mass is 279 g/mol. The quantitative estimate of drug-likeness (QED) is 0.675. The van der Waals surface area contributed by atoms with Crippen LogP contribution in [0.3, 0.4) is 0 Å². The fourth-order valence-electron chi connectivity index (χ4n) is 1.72. The number of hydrogen-bond acceptors (Lipinski definition) is 5. The van der Waals surface area contributed by atoms with Gasteiger partial charge in [0.2, 0.25) is 0 Å². The Morgan fingerprint density at radius 1 is 1.44 bits per heavy atom. The summed E-state index contributed by atoms with van der Waals surface area (Å²) in [4.78, 5) is 11.2. The van der Waals surface area contributed by atoms with Gasteiger partial charge in [0.15, 0.2) is 0 Å². The standard InChI is InChI=1S/C10H21N3O4S/c1-6(2)17-9(14)13-18(15,16)12-8-5-7(11)10(8,3)4/h6-8,12H,5,11H2,1-4H3,(H,13,14). The van der Waals surface area contributed by atoms with Crippen molar-refractivity contribution in [3.63, 3.8) is 0 Å². The second-order valence-corrected chi connectivity index (χ2v) is 6.84. The van der Waals surface area contributed by atoms with Crippen LogP contribution >= 0.6 is 0 Å². The Bertz CT molecular complexity index is 419. The molecule has 1 saturated carbocycles. The van der Waals surface area contributed by atoms with E-state index in [2.05, 4.69) is 4.72 Å². The van der Waals surface area contributed by atoms with Crippen molar-refractivity contribution in [1.29, 1.82) is 0 Å². The minimum atomic E-state index is -3.91. The van der Waals surface area contributed by atoms with E-state index in [1.165, 1.54) is 0 Å². The fourth-order valence-corrected chi connectivity index (χ4v) is 2.82. The number of carbonyl (C=O) groups is 1. The molecule has 1 amide bonds. The second kappa shape index (κ2) is 5.02. The van der Waals surface area contributed by atoms with E-state index in [9.17, 15) is 13.2 Å². The van der Waals surface area contributed by atoms with Gasteiger partial charge in [-0.2, -0.15) is 13.1 Å². The van der Waals surface area contributed by atoms with Gasteiger partial charge in [0.25, 0.3) is 0 Å². The summed E-state index contributed by atoms with van der Waals surface area (Å²) < 4.78 is 32.2. The van der Waals surface area contributed by atoms with E-state index in [0.717, 1.165) is 0 Å². The van der Waals surface area contributed by atoms with Crippen LogP contribution in [0.4, 0.5) is 4.79 Å². The first kappa shape index (κ1) is 15.2. The molecule has 0 aromatic carbocycles. The SMILES string of the molecule is CC(C)OC(=O)NS(=O)(=O)NC1CC(N)C1(C)C. The number of nitrogens with one attached hydrogen (secondary N) is 2. The van der Waals surface area contributed by atoms with Crippen molar-refractivity contribution in [3.8, 4) is 0 Å². The highest BCUT2D eigenvalue weighted by molar-refractivity contribution is 7.88. The summed E-state index contributed by atoms with van der Waals surface area (Å²) in [5, 5.41) is 0. The van der Waals surface area contributed by atoms with Crippen molar-refractivity contribution in [2.75, 3.05) is 0 Å². The Morgan fingerprint density at radius 2 is 2.00 bits per heavy atom. The number of carbonyl (C=O) groups excluding carboxylic acids is 1. The van der Waals surface area contributed by atoms with Crippen LogP contribution in [0, 0.1) is 5.41 Å². The Kier molecular flexibility index (Phi) is 4.24. The molecular formula is C10H21N3O4S. The zero-order valence-electron chi connectivity index (χ0n) is 11.1. The molecule has 0 radical (unpaired) electrons. The average Bonchev–Trinajstić information content (AvgIpc) is 2.14. The maximum absolute atomic E-state index is 11.7. The molecular weight excluding hydrogens is 258 g/mol. The van der Waals surface area contributed by atoms with E-state index >= 15 is 0 Å². The smallest absolute Gasteiger partial charge is 0.422 e. The summed E-state index contributed by atoms with van der Waals surface area (Å²) >= 11 is 0. The molecule has 18 heavy (non-hydrogen) atoms. The Morgan fingerprint density at radius 3 is 2.39 bits per heavy atom. The lowest BCUT2D eigenvalue weighted by Crippen LogP contribution is -2.65. The second-order valence-electron chi connectivity index (χ2n) is 5.39. The van der Waals surface area contributed by atoms with Gasteiger partial charge in [0.05, 0.1) is 6.10 Å². The third-order valence-corrected chi connectivity index (χ3v) is 4.23. The molecule has 1 fully saturated rings. The molecule has 0 aromatic rings. The molecule has 7 nitrogen and oxygen atoms in total. The van der Waals surface area contributed by atoms with Crippen LogP contribution in [0.25, 0.3) is 0 Å². The molecule has 4 N–H and O–H groups in total. The predicted molar refractivity (Wildman–Crippen MR) is 67.0 cm³/mol. The van der Waals surface area contributed by atoms with Gasteiger partial charge in [0.1, 0.15) is 0 Å². The fraction of sp³-hybridized carbons (Fsp3) is 0.900. The number of hydrogen-bond donors (Lipinski definition) is 3. The first-order valence-corrected chi connectivity index (χ1v) is 7.29. The van der Waals surface area contributed by atoms with E-state index in [4.69, 9.17) is 10.5 Å². The first-order chi connectivity index (χ1) is 8.04. The maximum Gasteiger partial charge on any atom is 0.422 e. The molecule has 106 valence electrons. The third-order valence-electron chi connectivity index (χ3n) is 3.20. The van der Waals surface area contributed by atoms with Gasteiger partial charge in [-0.3, -0.25) is 0 Å². The number of rotatable bonds is 4. The topological polar surface area (TPSA) is 111 Å². The highest BCUT2D eigenvalue weighted by atomic mass is 32.2. The highest BCUT2D eigenvalue weighted by Crippen LogP contribution is 2.39. The Balaban J connectivity index is 2.54. The molecule has 0 aliphatic heterocycles. The minimum absolute atomic E-state index is 0.0483. The lowest BCUT2D eigenvalue weighted by Gasteiger charge is -2.50.